The van der Waals surface area contributed by atoms with E-state index >= 15 is 0 Å². The van der Waals surface area contributed by atoms with E-state index in [2.05, 4.69) is 5.32 Å². The number of aryl methyl sites for hydroxylation is 1. The van der Waals surface area contributed by atoms with Crippen LogP contribution in [0.3, 0.4) is 0 Å². The monoisotopic (exact) mass is 272 g/mol. The SMILES string of the molecule is Cc1ccoc1C(=O)Nc1cccc(C(=O)N(C)C)c1. The fraction of sp³-hybridized carbons (Fsp3) is 0.200. The molecule has 0 bridgehead atoms. The predicted molar refractivity (Wildman–Crippen MR) is 75.9 cm³/mol. The molecule has 1 aromatic heterocycles. The van der Waals surface area contributed by atoms with Crippen LogP contribution in [0.4, 0.5) is 5.69 Å². The van der Waals surface area contributed by atoms with Gasteiger partial charge < -0.3 is 14.6 Å². The van der Waals surface area contributed by atoms with Crippen LogP contribution in [0, 0.1) is 6.92 Å². The average Bonchev–Trinajstić information content (AvgIpc) is 2.84. The molecule has 0 unspecified atom stereocenters. The first-order valence-corrected chi connectivity index (χ1v) is 6.16. The second-order valence-corrected chi connectivity index (χ2v) is 4.67. The molecule has 0 spiro atoms. The molecule has 2 amide bonds. The molecule has 5 heteroatoms. The van der Waals surface area contributed by atoms with E-state index in [0.29, 0.717) is 11.3 Å². The Hall–Kier alpha value is -2.56. The van der Waals surface area contributed by atoms with Gasteiger partial charge in [0.05, 0.1) is 6.26 Å². The number of nitrogens with zero attached hydrogens (tertiary/aromatic N) is 1. The number of carbonyl (C=O) groups excluding carboxylic acids is 2. The third-order valence-corrected chi connectivity index (χ3v) is 2.84. The molecule has 1 heterocycles. The third kappa shape index (κ3) is 2.88. The lowest BCUT2D eigenvalue weighted by molar-refractivity contribution is 0.0827. The van der Waals surface area contributed by atoms with Gasteiger partial charge in [-0.2, -0.15) is 0 Å². The Bertz CT molecular complexity index is 644. The zero-order chi connectivity index (χ0) is 14.7. The van der Waals surface area contributed by atoms with Crippen molar-refractivity contribution in [1.82, 2.24) is 4.90 Å². The molecular formula is C15H16N2O3. The van der Waals surface area contributed by atoms with Crippen molar-refractivity contribution < 1.29 is 14.0 Å². The third-order valence-electron chi connectivity index (χ3n) is 2.84. The van der Waals surface area contributed by atoms with Crippen molar-refractivity contribution >= 4 is 17.5 Å². The first-order valence-electron chi connectivity index (χ1n) is 6.16. The number of furan rings is 1. The average molecular weight is 272 g/mol. The Morgan fingerprint density at radius 1 is 1.20 bits per heavy atom. The van der Waals surface area contributed by atoms with Crippen molar-refractivity contribution in [3.63, 3.8) is 0 Å². The maximum Gasteiger partial charge on any atom is 0.291 e. The summed E-state index contributed by atoms with van der Waals surface area (Å²) in [6.45, 7) is 1.80. The van der Waals surface area contributed by atoms with Crippen molar-refractivity contribution in [2.45, 2.75) is 6.92 Å². The highest BCUT2D eigenvalue weighted by Crippen LogP contribution is 2.15. The molecule has 20 heavy (non-hydrogen) atoms. The van der Waals surface area contributed by atoms with Crippen LogP contribution in [0.1, 0.15) is 26.5 Å². The van der Waals surface area contributed by atoms with Crippen molar-refractivity contribution in [1.29, 1.82) is 0 Å². The van der Waals surface area contributed by atoms with Crippen LogP contribution >= 0.6 is 0 Å². The van der Waals surface area contributed by atoms with Crippen LogP contribution in [-0.2, 0) is 0 Å². The summed E-state index contributed by atoms with van der Waals surface area (Å²) >= 11 is 0. The predicted octanol–water partition coefficient (Wildman–Crippen LogP) is 2.54. The number of hydrogen-bond acceptors (Lipinski definition) is 3. The van der Waals surface area contributed by atoms with Gasteiger partial charge in [-0.25, -0.2) is 0 Å². The van der Waals surface area contributed by atoms with Gasteiger partial charge >= 0.3 is 0 Å². The van der Waals surface area contributed by atoms with Crippen molar-refractivity contribution in [3.05, 3.63) is 53.5 Å². The lowest BCUT2D eigenvalue weighted by atomic mass is 10.1. The molecule has 0 saturated carbocycles. The van der Waals surface area contributed by atoms with E-state index < -0.39 is 0 Å². The number of carbonyl (C=O) groups is 2. The van der Waals surface area contributed by atoms with Crippen LogP contribution in [0.25, 0.3) is 0 Å². The molecule has 104 valence electrons. The van der Waals surface area contributed by atoms with Gasteiger partial charge in [-0.3, -0.25) is 9.59 Å². The first-order chi connectivity index (χ1) is 9.49. The molecule has 2 aromatic rings. The van der Waals surface area contributed by atoms with Gasteiger partial charge in [-0.05, 0) is 31.2 Å². The Morgan fingerprint density at radius 2 is 1.95 bits per heavy atom. The molecule has 0 fully saturated rings. The first kappa shape index (κ1) is 13.9. The number of anilines is 1. The Balaban J connectivity index is 2.18. The summed E-state index contributed by atoms with van der Waals surface area (Å²) in [7, 11) is 3.36. The second kappa shape index (κ2) is 5.61. The minimum Gasteiger partial charge on any atom is -0.459 e. The lowest BCUT2D eigenvalue weighted by Gasteiger charge is -2.11. The van der Waals surface area contributed by atoms with Gasteiger partial charge in [0.25, 0.3) is 11.8 Å². The summed E-state index contributed by atoms with van der Waals surface area (Å²) in [6.07, 6.45) is 1.47. The van der Waals surface area contributed by atoms with Gasteiger partial charge in [0.15, 0.2) is 5.76 Å². The lowest BCUT2D eigenvalue weighted by Crippen LogP contribution is -2.22. The smallest absolute Gasteiger partial charge is 0.291 e. The van der Waals surface area contributed by atoms with E-state index in [-0.39, 0.29) is 17.6 Å². The van der Waals surface area contributed by atoms with E-state index in [9.17, 15) is 9.59 Å². The molecular weight excluding hydrogens is 256 g/mol. The molecule has 0 radical (unpaired) electrons. The highest BCUT2D eigenvalue weighted by molar-refractivity contribution is 6.04. The van der Waals surface area contributed by atoms with Crippen LogP contribution < -0.4 is 5.32 Å². The molecule has 2 rings (SSSR count). The maximum atomic E-state index is 12.0. The highest BCUT2D eigenvalue weighted by Gasteiger charge is 2.14. The number of amides is 2. The Kier molecular flexibility index (Phi) is 3.89. The van der Waals surface area contributed by atoms with E-state index in [1.807, 2.05) is 0 Å². The minimum atomic E-state index is -0.332. The molecule has 0 aliphatic rings. The van der Waals surface area contributed by atoms with Crippen molar-refractivity contribution in [3.8, 4) is 0 Å². The maximum absolute atomic E-state index is 12.0. The number of rotatable bonds is 3. The quantitative estimate of drug-likeness (QED) is 0.934. The van der Waals surface area contributed by atoms with Crippen LogP contribution in [-0.4, -0.2) is 30.8 Å². The van der Waals surface area contributed by atoms with Gasteiger partial charge in [-0.15, -0.1) is 0 Å². The minimum absolute atomic E-state index is 0.115. The summed E-state index contributed by atoms with van der Waals surface area (Å²) in [4.78, 5) is 25.4. The Morgan fingerprint density at radius 3 is 2.55 bits per heavy atom. The number of nitrogens with one attached hydrogen (secondary N) is 1. The molecule has 0 atom stereocenters. The largest absolute Gasteiger partial charge is 0.459 e. The van der Waals surface area contributed by atoms with Crippen molar-refractivity contribution in [2.24, 2.45) is 0 Å². The zero-order valence-electron chi connectivity index (χ0n) is 11.6. The normalized spacial score (nSPS) is 10.2. The van der Waals surface area contributed by atoms with Crippen LogP contribution in [0.5, 0.6) is 0 Å². The second-order valence-electron chi connectivity index (χ2n) is 4.67. The van der Waals surface area contributed by atoms with Gasteiger partial charge in [0.2, 0.25) is 0 Å². The highest BCUT2D eigenvalue weighted by atomic mass is 16.3. The molecule has 1 aromatic carbocycles. The summed E-state index contributed by atoms with van der Waals surface area (Å²) in [5, 5.41) is 2.72. The summed E-state index contributed by atoms with van der Waals surface area (Å²) in [5.41, 5.74) is 1.84. The standard InChI is InChI=1S/C15H16N2O3/c1-10-7-8-20-13(10)14(18)16-12-6-4-5-11(9-12)15(19)17(2)3/h4-9H,1-3H3,(H,16,18). The molecule has 0 aliphatic heterocycles. The fourth-order valence-electron chi connectivity index (χ4n) is 1.78. The van der Waals surface area contributed by atoms with Gasteiger partial charge in [0.1, 0.15) is 0 Å². The van der Waals surface area contributed by atoms with E-state index in [1.54, 1.807) is 51.4 Å². The zero-order valence-corrected chi connectivity index (χ0v) is 11.6. The molecule has 0 aliphatic carbocycles. The number of hydrogen-bond donors (Lipinski definition) is 1. The molecule has 1 N–H and O–H groups in total. The van der Waals surface area contributed by atoms with E-state index in [4.69, 9.17) is 4.42 Å². The summed E-state index contributed by atoms with van der Waals surface area (Å²) in [5.74, 6) is -0.174. The topological polar surface area (TPSA) is 62.6 Å². The molecule has 0 saturated heterocycles. The van der Waals surface area contributed by atoms with Gasteiger partial charge in [-0.1, -0.05) is 6.07 Å². The van der Waals surface area contributed by atoms with Crippen LogP contribution in [0.15, 0.2) is 41.0 Å². The van der Waals surface area contributed by atoms with E-state index in [1.165, 1.54) is 11.2 Å². The van der Waals surface area contributed by atoms with Crippen LogP contribution in [0.2, 0.25) is 0 Å². The fourth-order valence-corrected chi connectivity index (χ4v) is 1.78. The summed E-state index contributed by atoms with van der Waals surface area (Å²) in [6, 6.07) is 8.51. The van der Waals surface area contributed by atoms with Gasteiger partial charge in [0, 0.05) is 30.9 Å². The number of benzene rings is 1. The van der Waals surface area contributed by atoms with E-state index in [0.717, 1.165) is 5.56 Å². The molecule has 5 nitrogen and oxygen atoms in total. The Labute approximate surface area is 117 Å². The van der Waals surface area contributed by atoms with Crippen molar-refractivity contribution in [2.75, 3.05) is 19.4 Å². The summed E-state index contributed by atoms with van der Waals surface area (Å²) < 4.78 is 5.13.